The number of pyridine rings is 1. The van der Waals surface area contributed by atoms with Gasteiger partial charge in [0, 0.05) is 38.2 Å². The first-order valence-corrected chi connectivity index (χ1v) is 8.51. The summed E-state index contributed by atoms with van der Waals surface area (Å²) in [5, 5.41) is 20.3. The van der Waals surface area contributed by atoms with Gasteiger partial charge >= 0.3 is 0 Å². The highest BCUT2D eigenvalue weighted by Gasteiger charge is 2.45. The molecule has 7 heteroatoms. The maximum Gasteiger partial charge on any atom is 0.295 e. The van der Waals surface area contributed by atoms with Crippen LogP contribution in [0.5, 0.6) is 5.75 Å². The van der Waals surface area contributed by atoms with Gasteiger partial charge in [-0.05, 0) is 36.2 Å². The quantitative estimate of drug-likeness (QED) is 0.351. The van der Waals surface area contributed by atoms with Crippen molar-refractivity contribution in [2.75, 3.05) is 20.3 Å². The third-order valence-corrected chi connectivity index (χ3v) is 4.45. The molecule has 1 aliphatic rings. The molecule has 27 heavy (non-hydrogen) atoms. The number of phenolic OH excluding ortho intramolecular Hbond substituents is 1. The fourth-order valence-corrected chi connectivity index (χ4v) is 3.16. The van der Waals surface area contributed by atoms with E-state index in [9.17, 15) is 19.8 Å². The number of aliphatic hydroxyl groups excluding tert-OH is 1. The molecule has 0 bridgehead atoms. The molecule has 1 unspecified atom stereocenters. The highest BCUT2D eigenvalue weighted by Crippen LogP contribution is 2.39. The monoisotopic (exact) mass is 368 g/mol. The van der Waals surface area contributed by atoms with Crippen molar-refractivity contribution < 1.29 is 24.5 Å². The summed E-state index contributed by atoms with van der Waals surface area (Å²) in [4.78, 5) is 30.7. The number of rotatable bonds is 6. The van der Waals surface area contributed by atoms with E-state index in [1.165, 1.54) is 29.4 Å². The van der Waals surface area contributed by atoms with Crippen LogP contribution >= 0.6 is 0 Å². The van der Waals surface area contributed by atoms with E-state index in [-0.39, 0.29) is 17.1 Å². The Hall–Kier alpha value is -3.19. The molecule has 1 amide bonds. The molecule has 1 atom stereocenters. The van der Waals surface area contributed by atoms with Crippen LogP contribution in [0.2, 0.25) is 0 Å². The Morgan fingerprint density at radius 3 is 2.44 bits per heavy atom. The molecule has 7 nitrogen and oxygen atoms in total. The summed E-state index contributed by atoms with van der Waals surface area (Å²) in [6.45, 7) is 0.743. The minimum absolute atomic E-state index is 0.0225. The first-order chi connectivity index (χ1) is 13.0. The van der Waals surface area contributed by atoms with Gasteiger partial charge in [0.1, 0.15) is 11.5 Å². The van der Waals surface area contributed by atoms with Gasteiger partial charge in [-0.15, -0.1) is 0 Å². The molecule has 0 saturated carbocycles. The van der Waals surface area contributed by atoms with Crippen LogP contribution in [0.3, 0.4) is 0 Å². The van der Waals surface area contributed by atoms with Crippen molar-refractivity contribution in [3.63, 3.8) is 0 Å². The van der Waals surface area contributed by atoms with Gasteiger partial charge in [-0.1, -0.05) is 12.1 Å². The molecule has 0 aliphatic carbocycles. The molecule has 1 aromatic carbocycles. The fraction of sp³-hybridized carbons (Fsp3) is 0.250. The van der Waals surface area contributed by atoms with Gasteiger partial charge in [-0.2, -0.15) is 0 Å². The summed E-state index contributed by atoms with van der Waals surface area (Å²) < 4.78 is 5.04. The number of carbonyl (C=O) groups excluding carboxylic acids is 2. The molecular formula is C20H20N2O5. The van der Waals surface area contributed by atoms with Crippen molar-refractivity contribution in [2.24, 2.45) is 0 Å². The summed E-state index contributed by atoms with van der Waals surface area (Å²) in [6, 6.07) is 8.64. The fourth-order valence-electron chi connectivity index (χ4n) is 3.16. The molecule has 2 N–H and O–H groups in total. The standard InChI is InChI=1S/C20H20N2O5/c1-27-12-2-11-22-17(13-3-5-15(23)6-4-13)16(19(25)20(22)26)18(24)14-7-9-21-10-8-14/h3-10,17,23-24H,2,11-12H2,1H3. The number of Topliss-reactive ketones (excluding diaryl/α,β-unsaturated/α-hetero) is 1. The smallest absolute Gasteiger partial charge is 0.295 e. The molecular weight excluding hydrogens is 348 g/mol. The first-order valence-electron chi connectivity index (χ1n) is 8.51. The van der Waals surface area contributed by atoms with Gasteiger partial charge in [-0.3, -0.25) is 14.6 Å². The zero-order chi connectivity index (χ0) is 19.4. The van der Waals surface area contributed by atoms with Crippen LogP contribution in [-0.4, -0.2) is 52.0 Å². The third-order valence-electron chi connectivity index (χ3n) is 4.45. The van der Waals surface area contributed by atoms with E-state index < -0.39 is 17.7 Å². The van der Waals surface area contributed by atoms with Gasteiger partial charge in [-0.25, -0.2) is 0 Å². The number of carbonyl (C=O) groups is 2. The van der Waals surface area contributed by atoms with Crippen molar-refractivity contribution >= 4 is 17.4 Å². The Labute approximate surface area is 156 Å². The zero-order valence-electron chi connectivity index (χ0n) is 14.8. The van der Waals surface area contributed by atoms with E-state index in [4.69, 9.17) is 4.74 Å². The summed E-state index contributed by atoms with van der Waals surface area (Å²) in [6.07, 6.45) is 3.55. The van der Waals surface area contributed by atoms with E-state index in [2.05, 4.69) is 4.98 Å². The Balaban J connectivity index is 2.10. The van der Waals surface area contributed by atoms with E-state index in [1.54, 1.807) is 31.4 Å². The second-order valence-corrected chi connectivity index (χ2v) is 6.17. The topological polar surface area (TPSA) is 100.0 Å². The van der Waals surface area contributed by atoms with Crippen LogP contribution in [0.4, 0.5) is 0 Å². The van der Waals surface area contributed by atoms with Gasteiger partial charge < -0.3 is 19.8 Å². The number of likely N-dealkylation sites (tertiary alicyclic amines) is 1. The maximum absolute atomic E-state index is 12.7. The second kappa shape index (κ2) is 8.01. The molecule has 0 spiro atoms. The van der Waals surface area contributed by atoms with E-state index in [0.29, 0.717) is 30.7 Å². The van der Waals surface area contributed by atoms with Crippen LogP contribution in [0.1, 0.15) is 23.6 Å². The number of benzene rings is 1. The van der Waals surface area contributed by atoms with Crippen molar-refractivity contribution in [3.05, 3.63) is 65.5 Å². The largest absolute Gasteiger partial charge is 0.508 e. The summed E-state index contributed by atoms with van der Waals surface area (Å²) in [5.74, 6) is -1.58. The molecule has 1 aliphatic heterocycles. The normalized spacial score (nSPS) is 18.9. The summed E-state index contributed by atoms with van der Waals surface area (Å²) in [7, 11) is 1.56. The zero-order valence-corrected chi connectivity index (χ0v) is 14.8. The number of aromatic nitrogens is 1. The third kappa shape index (κ3) is 3.68. The van der Waals surface area contributed by atoms with Crippen LogP contribution in [0.15, 0.2) is 54.4 Å². The highest BCUT2D eigenvalue weighted by atomic mass is 16.5. The van der Waals surface area contributed by atoms with Gasteiger partial charge in [0.2, 0.25) is 0 Å². The summed E-state index contributed by atoms with van der Waals surface area (Å²) in [5.41, 5.74) is 1.05. The number of methoxy groups -OCH3 is 1. The lowest BCUT2D eigenvalue weighted by Crippen LogP contribution is -2.31. The van der Waals surface area contributed by atoms with Crippen LogP contribution in [0, 0.1) is 0 Å². The number of aromatic hydroxyl groups is 1. The number of amides is 1. The van der Waals surface area contributed by atoms with Crippen LogP contribution in [0.25, 0.3) is 5.76 Å². The molecule has 1 saturated heterocycles. The molecule has 140 valence electrons. The molecule has 3 rings (SSSR count). The predicted molar refractivity (Wildman–Crippen MR) is 97.8 cm³/mol. The van der Waals surface area contributed by atoms with E-state index >= 15 is 0 Å². The Morgan fingerprint density at radius 2 is 1.81 bits per heavy atom. The number of ether oxygens (including phenoxy) is 1. The average Bonchev–Trinajstić information content (AvgIpc) is 2.94. The lowest BCUT2D eigenvalue weighted by atomic mass is 9.95. The van der Waals surface area contributed by atoms with Gasteiger partial charge in [0.05, 0.1) is 11.6 Å². The second-order valence-electron chi connectivity index (χ2n) is 6.17. The molecule has 2 heterocycles. The number of hydrogen-bond acceptors (Lipinski definition) is 6. The first kappa shape index (κ1) is 18.6. The average molecular weight is 368 g/mol. The Morgan fingerprint density at radius 1 is 1.15 bits per heavy atom. The predicted octanol–water partition coefficient (Wildman–Crippen LogP) is 2.25. The maximum atomic E-state index is 12.7. The molecule has 1 fully saturated rings. The van der Waals surface area contributed by atoms with Gasteiger partial charge in [0.25, 0.3) is 11.7 Å². The van der Waals surface area contributed by atoms with Gasteiger partial charge in [0.15, 0.2) is 0 Å². The number of nitrogens with zero attached hydrogens (tertiary/aromatic N) is 2. The Kier molecular flexibility index (Phi) is 5.52. The number of phenols is 1. The molecule has 2 aromatic rings. The van der Waals surface area contributed by atoms with Crippen molar-refractivity contribution in [3.8, 4) is 5.75 Å². The van der Waals surface area contributed by atoms with Crippen molar-refractivity contribution in [1.29, 1.82) is 0 Å². The van der Waals surface area contributed by atoms with Crippen LogP contribution < -0.4 is 0 Å². The van der Waals surface area contributed by atoms with Crippen molar-refractivity contribution in [2.45, 2.75) is 12.5 Å². The lowest BCUT2D eigenvalue weighted by molar-refractivity contribution is -0.140. The van der Waals surface area contributed by atoms with Crippen LogP contribution in [-0.2, 0) is 14.3 Å². The van der Waals surface area contributed by atoms with Crippen molar-refractivity contribution in [1.82, 2.24) is 9.88 Å². The molecule has 1 aromatic heterocycles. The lowest BCUT2D eigenvalue weighted by Gasteiger charge is -2.25. The highest BCUT2D eigenvalue weighted by molar-refractivity contribution is 6.46. The Bertz CT molecular complexity index is 862. The number of hydrogen-bond donors (Lipinski definition) is 2. The summed E-state index contributed by atoms with van der Waals surface area (Å²) >= 11 is 0. The number of ketones is 1. The van der Waals surface area contributed by atoms with E-state index in [1.807, 2.05) is 0 Å². The minimum Gasteiger partial charge on any atom is -0.508 e. The minimum atomic E-state index is -0.740. The van der Waals surface area contributed by atoms with E-state index in [0.717, 1.165) is 0 Å². The number of aliphatic hydroxyl groups is 1. The molecule has 0 radical (unpaired) electrons. The SMILES string of the molecule is COCCCN1C(=O)C(=O)C(=C(O)c2ccncc2)C1c1ccc(O)cc1.